The van der Waals surface area contributed by atoms with Gasteiger partial charge in [0.15, 0.2) is 0 Å². The molecule has 1 heteroatoms. The third kappa shape index (κ3) is 3.84. The average molecular weight is 246 g/mol. The highest BCUT2D eigenvalue weighted by Gasteiger charge is 2.19. The van der Waals surface area contributed by atoms with Gasteiger partial charge in [-0.1, -0.05) is 63.3 Å². The molecule has 1 nitrogen and oxygen atoms in total. The quantitative estimate of drug-likeness (QED) is 0.775. The summed E-state index contributed by atoms with van der Waals surface area (Å²) in [5, 5.41) is 10.2. The maximum absolute atomic E-state index is 10.2. The average Bonchev–Trinajstić information content (AvgIpc) is 2.89. The van der Waals surface area contributed by atoms with Gasteiger partial charge in [-0.3, -0.25) is 0 Å². The van der Waals surface area contributed by atoms with Gasteiger partial charge in [-0.2, -0.15) is 0 Å². The van der Waals surface area contributed by atoms with Crippen molar-refractivity contribution in [1.82, 2.24) is 0 Å². The normalized spacial score (nSPS) is 18.1. The van der Waals surface area contributed by atoms with Crippen LogP contribution in [0.25, 0.3) is 0 Å². The van der Waals surface area contributed by atoms with Crippen LogP contribution in [0.4, 0.5) is 0 Å². The van der Waals surface area contributed by atoms with Gasteiger partial charge >= 0.3 is 0 Å². The van der Waals surface area contributed by atoms with E-state index in [1.165, 1.54) is 44.1 Å². The van der Waals surface area contributed by atoms with Crippen LogP contribution in [0.1, 0.15) is 69.1 Å². The summed E-state index contributed by atoms with van der Waals surface area (Å²) in [4.78, 5) is 0. The largest absolute Gasteiger partial charge is 0.388 e. The Balaban J connectivity index is 1.87. The van der Waals surface area contributed by atoms with Gasteiger partial charge in [0.05, 0.1) is 6.10 Å². The number of rotatable bonds is 6. The van der Waals surface area contributed by atoms with Crippen molar-refractivity contribution in [2.75, 3.05) is 0 Å². The fourth-order valence-electron chi connectivity index (χ4n) is 2.99. The summed E-state index contributed by atoms with van der Waals surface area (Å²) in [5.74, 6) is 0.750. The van der Waals surface area contributed by atoms with E-state index in [-0.39, 0.29) is 6.10 Å². The van der Waals surface area contributed by atoms with Gasteiger partial charge in [0.1, 0.15) is 0 Å². The molecule has 1 aromatic rings. The lowest BCUT2D eigenvalue weighted by Crippen LogP contribution is -2.04. The Labute approximate surface area is 111 Å². The van der Waals surface area contributed by atoms with Gasteiger partial charge in [0.2, 0.25) is 0 Å². The van der Waals surface area contributed by atoms with Gasteiger partial charge in [-0.05, 0) is 36.3 Å². The molecule has 0 radical (unpaired) electrons. The topological polar surface area (TPSA) is 20.2 Å². The molecule has 18 heavy (non-hydrogen) atoms. The number of hydrogen-bond acceptors (Lipinski definition) is 1. The Morgan fingerprint density at radius 1 is 1.17 bits per heavy atom. The first-order valence-electron chi connectivity index (χ1n) is 7.56. The molecule has 2 rings (SSSR count). The molecule has 0 amide bonds. The monoisotopic (exact) mass is 246 g/mol. The van der Waals surface area contributed by atoms with Crippen LogP contribution in [-0.4, -0.2) is 5.11 Å². The number of aryl methyl sites for hydroxylation is 1. The molecule has 1 aliphatic carbocycles. The van der Waals surface area contributed by atoms with E-state index in [1.807, 2.05) is 0 Å². The summed E-state index contributed by atoms with van der Waals surface area (Å²) >= 11 is 0. The van der Waals surface area contributed by atoms with Crippen molar-refractivity contribution in [1.29, 1.82) is 0 Å². The molecule has 1 atom stereocenters. The van der Waals surface area contributed by atoms with E-state index in [4.69, 9.17) is 0 Å². The molecule has 1 N–H and O–H groups in total. The second kappa shape index (κ2) is 6.94. The van der Waals surface area contributed by atoms with Crippen molar-refractivity contribution in [3.05, 3.63) is 35.4 Å². The van der Waals surface area contributed by atoms with Crippen LogP contribution in [0.5, 0.6) is 0 Å². The lowest BCUT2D eigenvalue weighted by molar-refractivity contribution is 0.145. The highest BCUT2D eigenvalue weighted by atomic mass is 16.3. The molecule has 1 aromatic carbocycles. The Bertz CT molecular complexity index is 335. The molecule has 0 aromatic heterocycles. The van der Waals surface area contributed by atoms with E-state index in [0.717, 1.165) is 24.3 Å². The minimum Gasteiger partial charge on any atom is -0.388 e. The van der Waals surface area contributed by atoms with Crippen LogP contribution >= 0.6 is 0 Å². The van der Waals surface area contributed by atoms with Crippen molar-refractivity contribution in [3.63, 3.8) is 0 Å². The van der Waals surface area contributed by atoms with E-state index < -0.39 is 0 Å². The van der Waals surface area contributed by atoms with Gasteiger partial charge in [-0.25, -0.2) is 0 Å². The second-order valence-electron chi connectivity index (χ2n) is 5.75. The van der Waals surface area contributed by atoms with Crippen molar-refractivity contribution in [3.8, 4) is 0 Å². The molecule has 1 aliphatic rings. The molecule has 0 aliphatic heterocycles. The fourth-order valence-corrected chi connectivity index (χ4v) is 2.99. The Hall–Kier alpha value is -0.820. The zero-order valence-electron chi connectivity index (χ0n) is 11.6. The Morgan fingerprint density at radius 3 is 2.44 bits per heavy atom. The second-order valence-corrected chi connectivity index (χ2v) is 5.75. The van der Waals surface area contributed by atoms with Crippen LogP contribution in [0.3, 0.4) is 0 Å². The highest BCUT2D eigenvalue weighted by Crippen LogP contribution is 2.32. The summed E-state index contributed by atoms with van der Waals surface area (Å²) < 4.78 is 0. The third-order valence-electron chi connectivity index (χ3n) is 4.21. The molecule has 1 fully saturated rings. The standard InChI is InChI=1S/C17H26O/c1-2-3-6-14-9-11-16(12-10-14)17(18)13-15-7-4-5-8-15/h9-12,15,17-18H,2-8,13H2,1H3. The molecule has 0 heterocycles. The first-order chi connectivity index (χ1) is 8.79. The summed E-state index contributed by atoms with van der Waals surface area (Å²) in [7, 11) is 0. The number of unbranched alkanes of at least 4 members (excludes halogenated alkanes) is 1. The molecule has 0 saturated heterocycles. The first kappa shape index (κ1) is 13.6. The molecule has 0 spiro atoms. The third-order valence-corrected chi connectivity index (χ3v) is 4.21. The van der Waals surface area contributed by atoms with E-state index in [9.17, 15) is 5.11 Å². The van der Waals surface area contributed by atoms with Gasteiger partial charge in [-0.15, -0.1) is 0 Å². The van der Waals surface area contributed by atoms with Crippen LogP contribution in [-0.2, 0) is 6.42 Å². The number of aliphatic hydroxyl groups excluding tert-OH is 1. The van der Waals surface area contributed by atoms with E-state index in [0.29, 0.717) is 0 Å². The SMILES string of the molecule is CCCCc1ccc(C(O)CC2CCCC2)cc1. The van der Waals surface area contributed by atoms with E-state index in [2.05, 4.69) is 31.2 Å². The first-order valence-corrected chi connectivity index (χ1v) is 7.56. The predicted octanol–water partition coefficient (Wildman–Crippen LogP) is 4.64. The van der Waals surface area contributed by atoms with E-state index >= 15 is 0 Å². The Kier molecular flexibility index (Phi) is 5.25. The van der Waals surface area contributed by atoms with E-state index in [1.54, 1.807) is 0 Å². The molecule has 100 valence electrons. The summed E-state index contributed by atoms with van der Waals surface area (Å²) in [6.07, 6.45) is 9.69. The minimum absolute atomic E-state index is 0.256. The van der Waals surface area contributed by atoms with Crippen molar-refractivity contribution in [2.45, 2.75) is 64.4 Å². The fraction of sp³-hybridized carbons (Fsp3) is 0.647. The lowest BCUT2D eigenvalue weighted by atomic mass is 9.95. The van der Waals surface area contributed by atoms with Crippen LogP contribution in [0.2, 0.25) is 0 Å². The van der Waals surface area contributed by atoms with Gasteiger partial charge in [0.25, 0.3) is 0 Å². The zero-order chi connectivity index (χ0) is 12.8. The maximum Gasteiger partial charge on any atom is 0.0792 e. The molecule has 1 saturated carbocycles. The smallest absolute Gasteiger partial charge is 0.0792 e. The molecule has 0 bridgehead atoms. The van der Waals surface area contributed by atoms with Crippen LogP contribution in [0, 0.1) is 5.92 Å². The van der Waals surface area contributed by atoms with Crippen molar-refractivity contribution >= 4 is 0 Å². The molecular formula is C17H26O. The number of aliphatic hydroxyl groups is 1. The molecule has 1 unspecified atom stereocenters. The summed E-state index contributed by atoms with van der Waals surface area (Å²) in [6, 6.07) is 8.60. The number of benzene rings is 1. The van der Waals surface area contributed by atoms with Crippen LogP contribution in [0.15, 0.2) is 24.3 Å². The minimum atomic E-state index is -0.256. The number of hydrogen-bond donors (Lipinski definition) is 1. The van der Waals surface area contributed by atoms with Crippen molar-refractivity contribution < 1.29 is 5.11 Å². The zero-order valence-corrected chi connectivity index (χ0v) is 11.6. The van der Waals surface area contributed by atoms with Crippen LogP contribution < -0.4 is 0 Å². The Morgan fingerprint density at radius 2 is 1.83 bits per heavy atom. The molecular weight excluding hydrogens is 220 g/mol. The highest BCUT2D eigenvalue weighted by molar-refractivity contribution is 5.24. The predicted molar refractivity (Wildman–Crippen MR) is 76.6 cm³/mol. The summed E-state index contributed by atoms with van der Waals surface area (Å²) in [6.45, 7) is 2.22. The van der Waals surface area contributed by atoms with Gasteiger partial charge in [0, 0.05) is 0 Å². The van der Waals surface area contributed by atoms with Crippen molar-refractivity contribution in [2.24, 2.45) is 5.92 Å². The van der Waals surface area contributed by atoms with Gasteiger partial charge < -0.3 is 5.11 Å². The summed E-state index contributed by atoms with van der Waals surface area (Å²) in [5.41, 5.74) is 2.50. The lowest BCUT2D eigenvalue weighted by Gasteiger charge is -2.16. The maximum atomic E-state index is 10.2.